The number of hydrogen-bond donors (Lipinski definition) is 0. The van der Waals surface area contributed by atoms with Crippen LogP contribution in [-0.4, -0.2) is 11.0 Å². The lowest BCUT2D eigenvalue weighted by Gasteiger charge is -2.05. The van der Waals surface area contributed by atoms with E-state index in [2.05, 4.69) is 28.5 Å². The molecule has 0 aromatic heterocycles. The first kappa shape index (κ1) is 10.8. The van der Waals surface area contributed by atoms with Crippen LogP contribution < -0.4 is 0 Å². The Labute approximate surface area is 84.7 Å². The van der Waals surface area contributed by atoms with E-state index in [-0.39, 0.29) is 0 Å². The van der Waals surface area contributed by atoms with Crippen molar-refractivity contribution < 1.29 is 0 Å². The Bertz CT molecular complexity index is 98.0. The maximum absolute atomic E-state index is 2.28. The largest absolute Gasteiger partial charge is 0.0938 e. The monoisotopic (exact) mass is 204 g/mol. The zero-order valence-corrected chi connectivity index (χ0v) is 9.68. The molecule has 2 heteroatoms. The second-order valence-corrected chi connectivity index (χ2v) is 6.32. The minimum atomic E-state index is 0.997. The fourth-order valence-electron chi connectivity index (χ4n) is 1.54. The molecular formula is C10H20S2. The maximum Gasteiger partial charge on any atom is 0.0159 e. The molecule has 1 aliphatic rings. The van der Waals surface area contributed by atoms with Gasteiger partial charge in [-0.3, -0.25) is 0 Å². The van der Waals surface area contributed by atoms with Gasteiger partial charge in [0.1, 0.15) is 0 Å². The Hall–Kier alpha value is 0.700. The van der Waals surface area contributed by atoms with Gasteiger partial charge in [-0.2, -0.15) is 0 Å². The van der Waals surface area contributed by atoms with Gasteiger partial charge in [0.15, 0.2) is 0 Å². The minimum absolute atomic E-state index is 0.997. The van der Waals surface area contributed by atoms with Gasteiger partial charge in [0.05, 0.1) is 0 Å². The first-order valence-corrected chi connectivity index (χ1v) is 7.60. The molecule has 1 saturated heterocycles. The topological polar surface area (TPSA) is 0 Å². The van der Waals surface area contributed by atoms with Crippen LogP contribution in [0, 0.1) is 0 Å². The van der Waals surface area contributed by atoms with Crippen LogP contribution in [0.4, 0.5) is 0 Å². The molecule has 0 unspecified atom stereocenters. The highest BCUT2D eigenvalue weighted by Gasteiger charge is 2.15. The fraction of sp³-hybridized carbons (Fsp3) is 1.00. The summed E-state index contributed by atoms with van der Waals surface area (Å²) in [6.07, 6.45) is 10.1. The van der Waals surface area contributed by atoms with Crippen LogP contribution in [0.2, 0.25) is 0 Å². The van der Waals surface area contributed by atoms with Crippen LogP contribution in [0.3, 0.4) is 0 Å². The van der Waals surface area contributed by atoms with E-state index in [0.717, 1.165) is 5.25 Å². The predicted molar refractivity (Wildman–Crippen MR) is 61.8 cm³/mol. The van der Waals surface area contributed by atoms with Gasteiger partial charge in [0.2, 0.25) is 0 Å². The SMILES string of the molecule is CCCCCCC[C@H]1CCSS1. The summed E-state index contributed by atoms with van der Waals surface area (Å²) >= 11 is 0. The quantitative estimate of drug-likeness (QED) is 0.461. The summed E-state index contributed by atoms with van der Waals surface area (Å²) in [6.45, 7) is 2.28. The average molecular weight is 204 g/mol. The second-order valence-electron chi connectivity index (χ2n) is 3.53. The van der Waals surface area contributed by atoms with Crippen LogP contribution >= 0.6 is 21.6 Å². The smallest absolute Gasteiger partial charge is 0.0159 e. The van der Waals surface area contributed by atoms with Crippen molar-refractivity contribution in [1.29, 1.82) is 0 Å². The Morgan fingerprint density at radius 2 is 2.00 bits per heavy atom. The summed E-state index contributed by atoms with van der Waals surface area (Å²) in [5.41, 5.74) is 0. The fourth-order valence-corrected chi connectivity index (χ4v) is 4.57. The molecule has 0 radical (unpaired) electrons. The molecule has 0 amide bonds. The van der Waals surface area contributed by atoms with Gasteiger partial charge in [-0.15, -0.1) is 0 Å². The summed E-state index contributed by atoms with van der Waals surface area (Å²) in [6, 6.07) is 0. The first-order chi connectivity index (χ1) is 5.93. The number of unbranched alkanes of at least 4 members (excludes halogenated alkanes) is 4. The average Bonchev–Trinajstić information content (AvgIpc) is 2.57. The van der Waals surface area contributed by atoms with Crippen molar-refractivity contribution in [2.45, 2.75) is 57.1 Å². The van der Waals surface area contributed by atoms with Crippen molar-refractivity contribution >= 4 is 21.6 Å². The van der Waals surface area contributed by atoms with Gasteiger partial charge in [-0.05, 0) is 12.8 Å². The second kappa shape index (κ2) is 7.14. The van der Waals surface area contributed by atoms with E-state index >= 15 is 0 Å². The molecule has 1 fully saturated rings. The molecule has 0 bridgehead atoms. The molecule has 0 aromatic carbocycles. The molecule has 1 heterocycles. The Morgan fingerprint density at radius 1 is 1.17 bits per heavy atom. The number of rotatable bonds is 6. The standard InChI is InChI=1S/C10H20S2/c1-2-3-4-5-6-7-10-8-9-11-12-10/h10H,2-9H2,1H3/t10-/m0/s1. The van der Waals surface area contributed by atoms with Gasteiger partial charge < -0.3 is 0 Å². The lowest BCUT2D eigenvalue weighted by Crippen LogP contribution is -1.96. The van der Waals surface area contributed by atoms with E-state index < -0.39 is 0 Å². The maximum atomic E-state index is 2.28. The molecule has 0 aromatic rings. The van der Waals surface area contributed by atoms with Gasteiger partial charge in [0.25, 0.3) is 0 Å². The Kier molecular flexibility index (Phi) is 6.41. The molecule has 0 saturated carbocycles. The molecular weight excluding hydrogens is 184 g/mol. The Balaban J connectivity index is 1.81. The van der Waals surface area contributed by atoms with E-state index in [1.165, 1.54) is 50.7 Å². The molecule has 0 N–H and O–H groups in total. The number of hydrogen-bond acceptors (Lipinski definition) is 2. The van der Waals surface area contributed by atoms with Crippen LogP contribution in [0.15, 0.2) is 0 Å². The van der Waals surface area contributed by atoms with Crippen molar-refractivity contribution in [1.82, 2.24) is 0 Å². The van der Waals surface area contributed by atoms with E-state index in [1.54, 1.807) is 0 Å². The van der Waals surface area contributed by atoms with Gasteiger partial charge >= 0.3 is 0 Å². The predicted octanol–water partition coefficient (Wildman–Crippen LogP) is 4.50. The third kappa shape index (κ3) is 4.66. The van der Waals surface area contributed by atoms with Gasteiger partial charge in [0, 0.05) is 11.0 Å². The van der Waals surface area contributed by atoms with Gasteiger partial charge in [-0.1, -0.05) is 60.6 Å². The van der Waals surface area contributed by atoms with Crippen molar-refractivity contribution in [3.63, 3.8) is 0 Å². The third-order valence-electron chi connectivity index (χ3n) is 2.36. The van der Waals surface area contributed by atoms with Crippen LogP contribution in [0.5, 0.6) is 0 Å². The van der Waals surface area contributed by atoms with Crippen molar-refractivity contribution in [2.24, 2.45) is 0 Å². The molecule has 0 nitrogen and oxygen atoms in total. The highest BCUT2D eigenvalue weighted by molar-refractivity contribution is 8.77. The van der Waals surface area contributed by atoms with Crippen LogP contribution in [0.25, 0.3) is 0 Å². The van der Waals surface area contributed by atoms with E-state index in [9.17, 15) is 0 Å². The van der Waals surface area contributed by atoms with Crippen LogP contribution in [-0.2, 0) is 0 Å². The molecule has 1 aliphatic heterocycles. The molecule has 0 aliphatic carbocycles. The lowest BCUT2D eigenvalue weighted by atomic mass is 10.1. The zero-order valence-electron chi connectivity index (χ0n) is 8.05. The highest BCUT2D eigenvalue weighted by atomic mass is 33.1. The summed E-state index contributed by atoms with van der Waals surface area (Å²) in [5.74, 6) is 1.39. The Morgan fingerprint density at radius 3 is 2.67 bits per heavy atom. The first-order valence-electron chi connectivity index (χ1n) is 5.21. The minimum Gasteiger partial charge on any atom is -0.0938 e. The van der Waals surface area contributed by atoms with E-state index in [1.807, 2.05) is 0 Å². The molecule has 1 atom stereocenters. The molecule has 72 valence electrons. The summed E-state index contributed by atoms with van der Waals surface area (Å²) in [5, 5.41) is 0.997. The van der Waals surface area contributed by atoms with Gasteiger partial charge in [-0.25, -0.2) is 0 Å². The zero-order chi connectivity index (χ0) is 8.65. The normalized spacial score (nSPS) is 23.2. The van der Waals surface area contributed by atoms with Crippen molar-refractivity contribution in [3.05, 3.63) is 0 Å². The third-order valence-corrected chi connectivity index (χ3v) is 5.36. The summed E-state index contributed by atoms with van der Waals surface area (Å²) in [4.78, 5) is 0. The van der Waals surface area contributed by atoms with Crippen molar-refractivity contribution in [3.8, 4) is 0 Å². The van der Waals surface area contributed by atoms with Crippen LogP contribution in [0.1, 0.15) is 51.9 Å². The summed E-state index contributed by atoms with van der Waals surface area (Å²) in [7, 11) is 4.19. The molecule has 0 spiro atoms. The lowest BCUT2D eigenvalue weighted by molar-refractivity contribution is 0.595. The van der Waals surface area contributed by atoms with E-state index in [0.29, 0.717) is 0 Å². The van der Waals surface area contributed by atoms with Crippen molar-refractivity contribution in [2.75, 3.05) is 5.75 Å². The molecule has 1 rings (SSSR count). The van der Waals surface area contributed by atoms with E-state index in [4.69, 9.17) is 0 Å². The highest BCUT2D eigenvalue weighted by Crippen LogP contribution is 2.39. The summed E-state index contributed by atoms with van der Waals surface area (Å²) < 4.78 is 0. The molecule has 12 heavy (non-hydrogen) atoms.